The van der Waals surface area contributed by atoms with E-state index in [4.69, 9.17) is 4.42 Å². The number of aryl methyl sites for hydroxylation is 1. The van der Waals surface area contributed by atoms with Gasteiger partial charge in [0.05, 0.1) is 5.69 Å². The maximum absolute atomic E-state index is 5.37. The van der Waals surface area contributed by atoms with Crippen LogP contribution >= 0.6 is 15.9 Å². The number of rotatable bonds is 3. The Bertz CT molecular complexity index is 255. The summed E-state index contributed by atoms with van der Waals surface area (Å²) in [5.74, 6) is 1.64. The lowest BCUT2D eigenvalue weighted by Crippen LogP contribution is -1.97. The van der Waals surface area contributed by atoms with Crippen LogP contribution in [-0.2, 0) is 12.8 Å². The zero-order valence-electron chi connectivity index (χ0n) is 7.72. The fourth-order valence-corrected chi connectivity index (χ4v) is 1.58. The van der Waals surface area contributed by atoms with Crippen LogP contribution in [0.1, 0.15) is 32.2 Å². The molecule has 0 spiro atoms. The van der Waals surface area contributed by atoms with Crippen molar-refractivity contribution in [3.05, 3.63) is 16.3 Å². The summed E-state index contributed by atoms with van der Waals surface area (Å²) in [6.07, 6.45) is 1.92. The molecule has 0 saturated heterocycles. The zero-order chi connectivity index (χ0) is 9.14. The minimum atomic E-state index is 0.606. The third-order valence-corrected chi connectivity index (χ3v) is 2.01. The van der Waals surface area contributed by atoms with Crippen molar-refractivity contribution in [3.8, 4) is 0 Å². The SMILES string of the molecule is CCc1oc(Br)nc1CC(C)C. The van der Waals surface area contributed by atoms with Crippen molar-refractivity contribution in [1.29, 1.82) is 0 Å². The third-order valence-electron chi connectivity index (χ3n) is 1.67. The molecular weight excluding hydrogens is 218 g/mol. The predicted molar refractivity (Wildman–Crippen MR) is 52.1 cm³/mol. The summed E-state index contributed by atoms with van der Waals surface area (Å²) < 4.78 is 5.37. The molecule has 0 aliphatic rings. The van der Waals surface area contributed by atoms with E-state index in [2.05, 4.69) is 41.7 Å². The Labute approximate surface area is 81.5 Å². The number of hydrogen-bond acceptors (Lipinski definition) is 2. The quantitative estimate of drug-likeness (QED) is 0.799. The van der Waals surface area contributed by atoms with Crippen molar-refractivity contribution in [3.63, 3.8) is 0 Å². The van der Waals surface area contributed by atoms with Crippen molar-refractivity contribution < 1.29 is 4.42 Å². The molecule has 0 aliphatic carbocycles. The van der Waals surface area contributed by atoms with Crippen LogP contribution in [0.4, 0.5) is 0 Å². The van der Waals surface area contributed by atoms with Gasteiger partial charge in [0, 0.05) is 22.4 Å². The van der Waals surface area contributed by atoms with Gasteiger partial charge in [0.15, 0.2) is 0 Å². The molecule has 0 amide bonds. The average Bonchev–Trinajstić information content (AvgIpc) is 2.29. The number of aromatic nitrogens is 1. The normalized spacial score (nSPS) is 11.1. The van der Waals surface area contributed by atoms with Gasteiger partial charge < -0.3 is 4.42 Å². The predicted octanol–water partition coefficient (Wildman–Crippen LogP) is 3.20. The summed E-state index contributed by atoms with van der Waals surface area (Å²) in [6, 6.07) is 0. The van der Waals surface area contributed by atoms with Crippen LogP contribution in [0, 0.1) is 5.92 Å². The molecule has 0 N–H and O–H groups in total. The van der Waals surface area contributed by atoms with E-state index in [-0.39, 0.29) is 0 Å². The number of nitrogens with zero attached hydrogens (tertiary/aromatic N) is 1. The van der Waals surface area contributed by atoms with E-state index in [1.54, 1.807) is 0 Å². The maximum atomic E-state index is 5.37. The summed E-state index contributed by atoms with van der Waals surface area (Å²) in [6.45, 7) is 6.45. The number of oxazole rings is 1. The molecule has 1 rings (SSSR count). The minimum Gasteiger partial charge on any atom is -0.436 e. The Hall–Kier alpha value is -0.310. The molecule has 0 bridgehead atoms. The van der Waals surface area contributed by atoms with Crippen LogP contribution in [-0.4, -0.2) is 4.98 Å². The van der Waals surface area contributed by atoms with Gasteiger partial charge in [0.1, 0.15) is 5.76 Å². The second-order valence-electron chi connectivity index (χ2n) is 3.29. The zero-order valence-corrected chi connectivity index (χ0v) is 9.31. The first kappa shape index (κ1) is 9.78. The lowest BCUT2D eigenvalue weighted by Gasteiger charge is -2.00. The third kappa shape index (κ3) is 2.34. The molecule has 3 heteroatoms. The Kier molecular flexibility index (Phi) is 3.32. The molecule has 2 nitrogen and oxygen atoms in total. The van der Waals surface area contributed by atoms with Crippen LogP contribution in [0.2, 0.25) is 0 Å². The van der Waals surface area contributed by atoms with Gasteiger partial charge >= 0.3 is 0 Å². The van der Waals surface area contributed by atoms with Gasteiger partial charge in [-0.3, -0.25) is 0 Å². The second kappa shape index (κ2) is 4.08. The number of hydrogen-bond donors (Lipinski definition) is 0. The molecule has 0 aliphatic heterocycles. The molecule has 12 heavy (non-hydrogen) atoms. The topological polar surface area (TPSA) is 26.0 Å². The summed E-state index contributed by atoms with van der Waals surface area (Å²) in [4.78, 5) is 4.88. The second-order valence-corrected chi connectivity index (χ2v) is 3.97. The monoisotopic (exact) mass is 231 g/mol. The van der Waals surface area contributed by atoms with Crippen LogP contribution < -0.4 is 0 Å². The molecule has 68 valence electrons. The summed E-state index contributed by atoms with van der Waals surface area (Å²) in [7, 11) is 0. The number of halogens is 1. The van der Waals surface area contributed by atoms with Crippen molar-refractivity contribution in [2.45, 2.75) is 33.6 Å². The fraction of sp³-hybridized carbons (Fsp3) is 0.667. The molecule has 1 heterocycles. The largest absolute Gasteiger partial charge is 0.436 e. The first-order chi connectivity index (χ1) is 5.63. The van der Waals surface area contributed by atoms with E-state index in [9.17, 15) is 0 Å². The van der Waals surface area contributed by atoms with Crippen LogP contribution in [0.3, 0.4) is 0 Å². The van der Waals surface area contributed by atoms with Crippen LogP contribution in [0.15, 0.2) is 9.22 Å². The summed E-state index contributed by atoms with van der Waals surface area (Å²) >= 11 is 3.24. The standard InChI is InChI=1S/C9H14BrNO/c1-4-8-7(5-6(2)3)11-9(10)12-8/h6H,4-5H2,1-3H3. The molecule has 0 saturated carbocycles. The fourth-order valence-electron chi connectivity index (χ4n) is 1.17. The minimum absolute atomic E-state index is 0.606. The van der Waals surface area contributed by atoms with E-state index < -0.39 is 0 Å². The molecule has 0 unspecified atom stereocenters. The maximum Gasteiger partial charge on any atom is 0.264 e. The lowest BCUT2D eigenvalue weighted by molar-refractivity contribution is 0.480. The summed E-state index contributed by atoms with van der Waals surface area (Å²) in [5.41, 5.74) is 1.10. The average molecular weight is 232 g/mol. The van der Waals surface area contributed by atoms with Crippen molar-refractivity contribution in [2.75, 3.05) is 0 Å². The molecule has 1 aromatic heterocycles. The molecule has 0 atom stereocenters. The van der Waals surface area contributed by atoms with Gasteiger partial charge in [-0.25, -0.2) is 4.98 Å². The highest BCUT2D eigenvalue weighted by molar-refractivity contribution is 9.10. The molecule has 1 aromatic rings. The molecule has 0 radical (unpaired) electrons. The van der Waals surface area contributed by atoms with Crippen molar-refractivity contribution in [2.24, 2.45) is 5.92 Å². The first-order valence-corrected chi connectivity index (χ1v) is 5.06. The van der Waals surface area contributed by atoms with E-state index in [0.717, 1.165) is 24.3 Å². The lowest BCUT2D eigenvalue weighted by atomic mass is 10.1. The van der Waals surface area contributed by atoms with Crippen molar-refractivity contribution >= 4 is 15.9 Å². The van der Waals surface area contributed by atoms with Crippen LogP contribution in [0.25, 0.3) is 0 Å². The Morgan fingerprint density at radius 3 is 2.67 bits per heavy atom. The van der Waals surface area contributed by atoms with Crippen LogP contribution in [0.5, 0.6) is 0 Å². The van der Waals surface area contributed by atoms with Gasteiger partial charge in [0.2, 0.25) is 0 Å². The van der Waals surface area contributed by atoms with Crippen molar-refractivity contribution in [1.82, 2.24) is 4.98 Å². The molecule has 0 aromatic carbocycles. The highest BCUT2D eigenvalue weighted by Gasteiger charge is 2.10. The smallest absolute Gasteiger partial charge is 0.264 e. The van der Waals surface area contributed by atoms with Gasteiger partial charge in [-0.2, -0.15) is 0 Å². The Morgan fingerprint density at radius 1 is 1.50 bits per heavy atom. The van der Waals surface area contributed by atoms with E-state index in [1.165, 1.54) is 0 Å². The van der Waals surface area contributed by atoms with Gasteiger partial charge in [-0.15, -0.1) is 0 Å². The van der Waals surface area contributed by atoms with E-state index >= 15 is 0 Å². The highest BCUT2D eigenvalue weighted by Crippen LogP contribution is 2.19. The van der Waals surface area contributed by atoms with E-state index in [0.29, 0.717) is 10.7 Å². The van der Waals surface area contributed by atoms with Gasteiger partial charge in [-0.1, -0.05) is 20.8 Å². The first-order valence-electron chi connectivity index (χ1n) is 4.27. The summed E-state index contributed by atoms with van der Waals surface area (Å²) in [5, 5.41) is 0. The molecule has 0 fully saturated rings. The Morgan fingerprint density at radius 2 is 2.17 bits per heavy atom. The Balaban J connectivity index is 2.81. The van der Waals surface area contributed by atoms with Gasteiger partial charge in [0.25, 0.3) is 4.80 Å². The van der Waals surface area contributed by atoms with E-state index in [1.807, 2.05) is 0 Å². The van der Waals surface area contributed by atoms with Gasteiger partial charge in [-0.05, 0) is 12.3 Å². The highest BCUT2D eigenvalue weighted by atomic mass is 79.9. The molecular formula is C9H14BrNO.